The van der Waals surface area contributed by atoms with Gasteiger partial charge in [0.15, 0.2) is 0 Å². The van der Waals surface area contributed by atoms with Crippen LogP contribution in [0.1, 0.15) is 11.1 Å². The minimum absolute atomic E-state index is 0.636. The number of aromatic nitrogens is 5. The molecule has 0 saturated carbocycles. The number of rotatable bonds is 11. The maximum atomic E-state index is 6.32. The van der Waals surface area contributed by atoms with Crippen LogP contribution in [0.3, 0.4) is 0 Å². The Morgan fingerprint density at radius 3 is 1.28 bits per heavy atom. The topological polar surface area (TPSA) is 90.5 Å². The molecular weight excluding hydrogens is 745 g/mol. The average Bonchev–Trinajstić information content (AvgIpc) is 3.35. The van der Waals surface area contributed by atoms with Crippen LogP contribution < -0.4 is 5.73 Å². The predicted octanol–water partition coefficient (Wildman–Crippen LogP) is 12.9. The third-order valence-corrected chi connectivity index (χ3v) is 10.5. The molecule has 0 saturated heterocycles. The standard InChI is InChI=1S/C55H40N6/c1-38(11-2-21-51(56)45-18-8-26-57-35-45)39-12-3-13-40(29-39)48-32-49(41-14-4-16-43(30-41)52-22-6-24-54(60-52)46-19-9-27-58-36-46)34-50(33-48)42-15-5-17-44(31-42)53-23-7-25-55(61-53)47-20-10-28-59-37-47/h2-37H,1,56H2/b11-2-,51-21-. The molecule has 9 rings (SSSR count). The molecule has 6 heteroatoms. The van der Waals surface area contributed by atoms with Crippen LogP contribution in [0.5, 0.6) is 0 Å². The van der Waals surface area contributed by atoms with E-state index in [1.54, 1.807) is 24.8 Å². The van der Waals surface area contributed by atoms with Gasteiger partial charge >= 0.3 is 0 Å². The molecule has 0 unspecified atom stereocenters. The van der Waals surface area contributed by atoms with E-state index < -0.39 is 0 Å². The molecule has 0 bridgehead atoms. The van der Waals surface area contributed by atoms with Gasteiger partial charge in [-0.1, -0.05) is 85.5 Å². The van der Waals surface area contributed by atoms with E-state index in [1.807, 2.05) is 91.3 Å². The number of allylic oxidation sites excluding steroid dienone is 4. The van der Waals surface area contributed by atoms with Gasteiger partial charge in [-0.25, -0.2) is 9.97 Å². The number of hydrogen-bond donors (Lipinski definition) is 1. The van der Waals surface area contributed by atoms with E-state index >= 15 is 0 Å². The first-order chi connectivity index (χ1) is 30.0. The third-order valence-electron chi connectivity index (χ3n) is 10.5. The van der Waals surface area contributed by atoms with Gasteiger partial charge in [0, 0.05) is 70.7 Å². The van der Waals surface area contributed by atoms with Crippen molar-refractivity contribution in [2.45, 2.75) is 0 Å². The Morgan fingerprint density at radius 2 is 0.787 bits per heavy atom. The molecule has 0 fully saturated rings. The van der Waals surface area contributed by atoms with Crippen LogP contribution in [0.15, 0.2) is 226 Å². The molecule has 61 heavy (non-hydrogen) atoms. The summed E-state index contributed by atoms with van der Waals surface area (Å²) in [6.45, 7) is 4.40. The van der Waals surface area contributed by atoms with Crippen molar-refractivity contribution in [3.8, 4) is 78.4 Å². The lowest BCUT2D eigenvalue weighted by Crippen LogP contribution is -1.95. The highest BCUT2D eigenvalue weighted by Gasteiger charge is 2.12. The first kappa shape index (κ1) is 38.2. The van der Waals surface area contributed by atoms with Gasteiger partial charge in [0.2, 0.25) is 0 Å². The summed E-state index contributed by atoms with van der Waals surface area (Å²) in [4.78, 5) is 22.9. The largest absolute Gasteiger partial charge is 0.398 e. The second kappa shape index (κ2) is 17.6. The van der Waals surface area contributed by atoms with Crippen LogP contribution in [-0.2, 0) is 0 Å². The molecule has 0 atom stereocenters. The molecule has 5 heterocycles. The van der Waals surface area contributed by atoms with Gasteiger partial charge in [-0.2, -0.15) is 0 Å². The van der Waals surface area contributed by atoms with Crippen molar-refractivity contribution in [3.63, 3.8) is 0 Å². The Labute approximate surface area is 355 Å². The molecule has 2 N–H and O–H groups in total. The number of hydrogen-bond acceptors (Lipinski definition) is 6. The van der Waals surface area contributed by atoms with E-state index in [-0.39, 0.29) is 0 Å². The summed E-state index contributed by atoms with van der Waals surface area (Å²) in [5.74, 6) is 0. The molecule has 5 aromatic heterocycles. The Kier molecular flexibility index (Phi) is 11.0. The summed E-state index contributed by atoms with van der Waals surface area (Å²) in [5.41, 5.74) is 23.7. The second-order valence-electron chi connectivity index (χ2n) is 14.6. The second-order valence-corrected chi connectivity index (χ2v) is 14.6. The number of benzene rings is 4. The quantitative estimate of drug-likeness (QED) is 0.131. The van der Waals surface area contributed by atoms with Crippen LogP contribution in [0.25, 0.3) is 89.7 Å². The van der Waals surface area contributed by atoms with E-state index in [0.717, 1.165) is 95.1 Å². The molecule has 4 aromatic carbocycles. The van der Waals surface area contributed by atoms with Crippen LogP contribution in [0.4, 0.5) is 0 Å². The van der Waals surface area contributed by atoms with Gasteiger partial charge in [-0.3, -0.25) is 15.0 Å². The maximum Gasteiger partial charge on any atom is 0.0725 e. The van der Waals surface area contributed by atoms with Gasteiger partial charge < -0.3 is 5.73 Å². The highest BCUT2D eigenvalue weighted by molar-refractivity contribution is 5.85. The molecule has 290 valence electrons. The van der Waals surface area contributed by atoms with Gasteiger partial charge in [0.1, 0.15) is 0 Å². The summed E-state index contributed by atoms with van der Waals surface area (Å²) >= 11 is 0. The highest BCUT2D eigenvalue weighted by atomic mass is 14.7. The van der Waals surface area contributed by atoms with Crippen molar-refractivity contribution in [1.29, 1.82) is 0 Å². The zero-order valence-electron chi connectivity index (χ0n) is 33.3. The van der Waals surface area contributed by atoms with Crippen LogP contribution in [0.2, 0.25) is 0 Å². The first-order valence-corrected chi connectivity index (χ1v) is 20.0. The molecule has 0 amide bonds. The molecule has 0 aliphatic heterocycles. The zero-order chi connectivity index (χ0) is 41.4. The van der Waals surface area contributed by atoms with Gasteiger partial charge in [0.05, 0.1) is 22.8 Å². The molecule has 0 spiro atoms. The first-order valence-electron chi connectivity index (χ1n) is 20.0. The lowest BCUT2D eigenvalue weighted by Gasteiger charge is -2.14. The molecule has 0 aliphatic carbocycles. The minimum Gasteiger partial charge on any atom is -0.398 e. The lowest BCUT2D eigenvalue weighted by molar-refractivity contribution is 1.28. The fourth-order valence-corrected chi connectivity index (χ4v) is 7.28. The van der Waals surface area contributed by atoms with Crippen LogP contribution >= 0.6 is 0 Å². The van der Waals surface area contributed by atoms with E-state index in [2.05, 4.69) is 125 Å². The molecule has 6 nitrogen and oxygen atoms in total. The SMILES string of the molecule is C=C(/C=C\C=C(/N)c1cccnc1)c1cccc(-c2cc(-c3cccc(-c4cccc(-c5cccnc5)n4)c3)cc(-c3cccc(-c4cccc(-c5cccnc5)n4)c3)c2)c1. The lowest BCUT2D eigenvalue weighted by atomic mass is 9.91. The van der Waals surface area contributed by atoms with Crippen molar-refractivity contribution in [2.75, 3.05) is 0 Å². The van der Waals surface area contributed by atoms with Crippen molar-refractivity contribution >= 4 is 11.3 Å². The average molecular weight is 785 g/mol. The Bertz CT molecular complexity index is 2900. The molecule has 0 radical (unpaired) electrons. The summed E-state index contributed by atoms with van der Waals surface area (Å²) < 4.78 is 0. The van der Waals surface area contributed by atoms with E-state index in [9.17, 15) is 0 Å². The Hall–Kier alpha value is -8.35. The number of nitrogens with two attached hydrogens (primary N) is 1. The Morgan fingerprint density at radius 1 is 0.393 bits per heavy atom. The zero-order valence-corrected chi connectivity index (χ0v) is 33.3. The van der Waals surface area contributed by atoms with Crippen molar-refractivity contribution in [2.24, 2.45) is 5.73 Å². The highest BCUT2D eigenvalue weighted by Crippen LogP contribution is 2.37. The smallest absolute Gasteiger partial charge is 0.0725 e. The number of pyridine rings is 5. The fourth-order valence-electron chi connectivity index (χ4n) is 7.28. The molecule has 0 aliphatic rings. The summed E-state index contributed by atoms with van der Waals surface area (Å²) in [6.07, 6.45) is 16.5. The van der Waals surface area contributed by atoms with Crippen molar-refractivity contribution in [3.05, 3.63) is 237 Å². The number of nitrogens with zero attached hydrogens (tertiary/aromatic N) is 5. The van der Waals surface area contributed by atoms with E-state index in [0.29, 0.717) is 5.70 Å². The van der Waals surface area contributed by atoms with E-state index in [1.165, 1.54) is 0 Å². The maximum absolute atomic E-state index is 6.32. The monoisotopic (exact) mass is 784 g/mol. The molecular formula is C55H40N6. The summed E-state index contributed by atoms with van der Waals surface area (Å²) in [5, 5.41) is 0. The van der Waals surface area contributed by atoms with E-state index in [4.69, 9.17) is 15.7 Å². The Balaban J connectivity index is 1.10. The van der Waals surface area contributed by atoms with Gasteiger partial charge in [-0.05, 0) is 148 Å². The van der Waals surface area contributed by atoms with Crippen molar-refractivity contribution in [1.82, 2.24) is 24.9 Å². The van der Waals surface area contributed by atoms with Crippen LogP contribution in [-0.4, -0.2) is 24.9 Å². The normalized spacial score (nSPS) is 11.4. The fraction of sp³-hybridized carbons (Fsp3) is 0. The molecule has 9 aromatic rings. The predicted molar refractivity (Wildman–Crippen MR) is 250 cm³/mol. The van der Waals surface area contributed by atoms with Crippen LogP contribution in [0, 0.1) is 0 Å². The summed E-state index contributed by atoms with van der Waals surface area (Å²) in [7, 11) is 0. The van der Waals surface area contributed by atoms with Gasteiger partial charge in [0.25, 0.3) is 0 Å². The summed E-state index contributed by atoms with van der Waals surface area (Å²) in [6, 6.07) is 56.5. The minimum atomic E-state index is 0.636. The van der Waals surface area contributed by atoms with Crippen molar-refractivity contribution < 1.29 is 0 Å². The third kappa shape index (κ3) is 8.89. The van der Waals surface area contributed by atoms with Gasteiger partial charge in [-0.15, -0.1) is 0 Å².